The van der Waals surface area contributed by atoms with Crippen molar-refractivity contribution in [3.05, 3.63) is 12.2 Å². The van der Waals surface area contributed by atoms with Gasteiger partial charge in [-0.05, 0) is 33.1 Å². The maximum atomic E-state index is 11.8. The standard InChI is InChI=1S/C13H23NO2S/c1-13(2,16)10-17-9-8-14-12(15)11-6-4-3-5-7-11/h3-4,11,16H,5-10H2,1-2H3,(H,14,15)/t11-/m0/s1. The fraction of sp³-hybridized carbons (Fsp3) is 0.769. The Bertz CT molecular complexity index is 271. The number of allylic oxidation sites excluding steroid dienone is 2. The van der Waals surface area contributed by atoms with Crippen molar-refractivity contribution in [1.82, 2.24) is 5.32 Å². The molecule has 0 saturated heterocycles. The number of hydrogen-bond acceptors (Lipinski definition) is 3. The van der Waals surface area contributed by atoms with E-state index in [4.69, 9.17) is 0 Å². The van der Waals surface area contributed by atoms with Crippen molar-refractivity contribution >= 4 is 17.7 Å². The molecule has 0 saturated carbocycles. The zero-order chi connectivity index (χ0) is 12.7. The molecule has 1 atom stereocenters. The van der Waals surface area contributed by atoms with Crippen LogP contribution in [0, 0.1) is 5.92 Å². The largest absolute Gasteiger partial charge is 0.390 e. The maximum Gasteiger partial charge on any atom is 0.223 e. The lowest BCUT2D eigenvalue weighted by molar-refractivity contribution is -0.125. The van der Waals surface area contributed by atoms with Crippen LogP contribution >= 0.6 is 11.8 Å². The number of amides is 1. The van der Waals surface area contributed by atoms with Crippen LogP contribution in [0.2, 0.25) is 0 Å². The van der Waals surface area contributed by atoms with Crippen molar-refractivity contribution < 1.29 is 9.90 Å². The number of nitrogens with one attached hydrogen (secondary N) is 1. The Labute approximate surface area is 108 Å². The minimum Gasteiger partial charge on any atom is -0.390 e. The van der Waals surface area contributed by atoms with Crippen LogP contribution in [-0.4, -0.2) is 34.7 Å². The Balaban J connectivity index is 2.06. The lowest BCUT2D eigenvalue weighted by Crippen LogP contribution is -2.33. The summed E-state index contributed by atoms with van der Waals surface area (Å²) in [5.41, 5.74) is -0.622. The normalized spacial score (nSPS) is 20.3. The van der Waals surface area contributed by atoms with Gasteiger partial charge in [0, 0.05) is 24.0 Å². The summed E-state index contributed by atoms with van der Waals surface area (Å²) in [4.78, 5) is 11.8. The second kappa shape index (κ2) is 7.07. The highest BCUT2D eigenvalue weighted by Crippen LogP contribution is 2.18. The number of carbonyl (C=O) groups excluding carboxylic acids is 1. The van der Waals surface area contributed by atoms with E-state index in [1.54, 1.807) is 25.6 Å². The van der Waals surface area contributed by atoms with Crippen LogP contribution in [-0.2, 0) is 4.79 Å². The van der Waals surface area contributed by atoms with E-state index in [-0.39, 0.29) is 11.8 Å². The zero-order valence-electron chi connectivity index (χ0n) is 10.7. The molecule has 1 amide bonds. The van der Waals surface area contributed by atoms with Gasteiger partial charge >= 0.3 is 0 Å². The van der Waals surface area contributed by atoms with Gasteiger partial charge in [0.15, 0.2) is 0 Å². The van der Waals surface area contributed by atoms with Crippen LogP contribution in [0.1, 0.15) is 33.1 Å². The minimum absolute atomic E-state index is 0.166. The molecule has 1 aliphatic rings. The van der Waals surface area contributed by atoms with Gasteiger partial charge in [0.25, 0.3) is 0 Å². The molecule has 0 fully saturated rings. The summed E-state index contributed by atoms with van der Waals surface area (Å²) >= 11 is 1.67. The molecule has 4 heteroatoms. The van der Waals surface area contributed by atoms with Crippen LogP contribution in [0.4, 0.5) is 0 Å². The number of thioether (sulfide) groups is 1. The molecule has 0 bridgehead atoms. The summed E-state index contributed by atoms with van der Waals surface area (Å²) < 4.78 is 0. The molecule has 17 heavy (non-hydrogen) atoms. The molecule has 0 heterocycles. The highest BCUT2D eigenvalue weighted by Gasteiger charge is 2.18. The van der Waals surface area contributed by atoms with Gasteiger partial charge < -0.3 is 10.4 Å². The first-order chi connectivity index (χ1) is 7.99. The Morgan fingerprint density at radius 1 is 1.53 bits per heavy atom. The summed E-state index contributed by atoms with van der Waals surface area (Å²) in [6, 6.07) is 0. The number of hydrogen-bond donors (Lipinski definition) is 2. The van der Waals surface area contributed by atoms with Crippen LogP contribution in [0.5, 0.6) is 0 Å². The molecule has 0 aromatic rings. The molecule has 0 radical (unpaired) electrons. The van der Waals surface area contributed by atoms with Gasteiger partial charge in [-0.25, -0.2) is 0 Å². The average Bonchev–Trinajstić information content (AvgIpc) is 2.28. The van der Waals surface area contributed by atoms with Gasteiger partial charge in [-0.2, -0.15) is 11.8 Å². The second-order valence-corrected chi connectivity index (χ2v) is 6.24. The molecule has 0 aromatic carbocycles. The van der Waals surface area contributed by atoms with Gasteiger partial charge in [0.05, 0.1) is 5.60 Å². The van der Waals surface area contributed by atoms with Gasteiger partial charge in [-0.1, -0.05) is 12.2 Å². The molecule has 0 aromatic heterocycles. The molecule has 1 rings (SSSR count). The SMILES string of the molecule is CC(C)(O)CSCCNC(=O)[C@H]1CC=CCC1. The Morgan fingerprint density at radius 2 is 2.29 bits per heavy atom. The molecule has 98 valence electrons. The molecule has 0 spiro atoms. The Kier molecular flexibility index (Phi) is 6.06. The lowest BCUT2D eigenvalue weighted by atomic mass is 9.94. The molecule has 0 unspecified atom stereocenters. The van der Waals surface area contributed by atoms with E-state index in [2.05, 4.69) is 17.5 Å². The minimum atomic E-state index is -0.622. The van der Waals surface area contributed by atoms with Crippen LogP contribution in [0.15, 0.2) is 12.2 Å². The molecule has 1 aliphatic carbocycles. The quantitative estimate of drug-likeness (QED) is 0.565. The van der Waals surface area contributed by atoms with Gasteiger partial charge in [0.2, 0.25) is 5.91 Å². The molecule has 3 nitrogen and oxygen atoms in total. The van der Waals surface area contributed by atoms with E-state index in [1.807, 2.05) is 0 Å². The molecular weight excluding hydrogens is 234 g/mol. The molecule has 0 aliphatic heterocycles. The van der Waals surface area contributed by atoms with Crippen molar-refractivity contribution in [3.8, 4) is 0 Å². The smallest absolute Gasteiger partial charge is 0.223 e. The zero-order valence-corrected chi connectivity index (χ0v) is 11.6. The average molecular weight is 257 g/mol. The van der Waals surface area contributed by atoms with Gasteiger partial charge in [-0.15, -0.1) is 0 Å². The number of aliphatic hydroxyl groups is 1. The van der Waals surface area contributed by atoms with E-state index < -0.39 is 5.60 Å². The van der Waals surface area contributed by atoms with E-state index in [9.17, 15) is 9.90 Å². The lowest BCUT2D eigenvalue weighted by Gasteiger charge is -2.18. The fourth-order valence-corrected chi connectivity index (χ4v) is 2.63. The summed E-state index contributed by atoms with van der Waals surface area (Å²) in [6.07, 6.45) is 7.10. The summed E-state index contributed by atoms with van der Waals surface area (Å²) in [5.74, 6) is 1.91. The van der Waals surface area contributed by atoms with Crippen molar-refractivity contribution in [3.63, 3.8) is 0 Å². The maximum absolute atomic E-state index is 11.8. The second-order valence-electron chi connectivity index (χ2n) is 5.14. The first kappa shape index (κ1) is 14.6. The third-order valence-corrected chi connectivity index (χ3v) is 4.04. The monoisotopic (exact) mass is 257 g/mol. The molecular formula is C13H23NO2S. The third kappa shape index (κ3) is 6.74. The fourth-order valence-electron chi connectivity index (χ4n) is 1.74. The summed E-state index contributed by atoms with van der Waals surface area (Å²) in [7, 11) is 0. The van der Waals surface area contributed by atoms with Crippen molar-refractivity contribution in [1.29, 1.82) is 0 Å². The van der Waals surface area contributed by atoms with Gasteiger partial charge in [-0.3, -0.25) is 4.79 Å². The first-order valence-electron chi connectivity index (χ1n) is 6.22. The summed E-state index contributed by atoms with van der Waals surface area (Å²) in [6.45, 7) is 4.29. The summed E-state index contributed by atoms with van der Waals surface area (Å²) in [5, 5.41) is 12.5. The van der Waals surface area contributed by atoms with Crippen molar-refractivity contribution in [2.75, 3.05) is 18.1 Å². The van der Waals surface area contributed by atoms with E-state index in [1.165, 1.54) is 0 Å². The Hall–Kier alpha value is -0.480. The molecule has 2 N–H and O–H groups in total. The van der Waals surface area contributed by atoms with Gasteiger partial charge in [0.1, 0.15) is 0 Å². The number of rotatable bonds is 6. The highest BCUT2D eigenvalue weighted by molar-refractivity contribution is 7.99. The van der Waals surface area contributed by atoms with Crippen LogP contribution in [0.25, 0.3) is 0 Å². The van der Waals surface area contributed by atoms with E-state index in [0.29, 0.717) is 12.3 Å². The van der Waals surface area contributed by atoms with Crippen molar-refractivity contribution in [2.24, 2.45) is 5.92 Å². The van der Waals surface area contributed by atoms with E-state index in [0.717, 1.165) is 25.0 Å². The predicted octanol–water partition coefficient (Wildman–Crippen LogP) is 1.96. The predicted molar refractivity (Wildman–Crippen MR) is 73.1 cm³/mol. The third-order valence-electron chi connectivity index (χ3n) is 2.64. The topological polar surface area (TPSA) is 49.3 Å². The number of carbonyl (C=O) groups is 1. The Morgan fingerprint density at radius 3 is 2.88 bits per heavy atom. The van der Waals surface area contributed by atoms with E-state index >= 15 is 0 Å². The van der Waals surface area contributed by atoms with Crippen molar-refractivity contribution in [2.45, 2.75) is 38.7 Å². The first-order valence-corrected chi connectivity index (χ1v) is 7.37. The van der Waals surface area contributed by atoms with Crippen LogP contribution < -0.4 is 5.32 Å². The highest BCUT2D eigenvalue weighted by atomic mass is 32.2. The van der Waals surface area contributed by atoms with Crippen LogP contribution in [0.3, 0.4) is 0 Å².